The molecule has 1 heterocycles. The van der Waals surface area contributed by atoms with Crippen LogP contribution in [0, 0.1) is 0 Å². The number of carbonyl (C=O) groups excluding carboxylic acids is 1. The van der Waals surface area contributed by atoms with Gasteiger partial charge in [0, 0.05) is 13.1 Å². The van der Waals surface area contributed by atoms with Crippen LogP contribution in [0.4, 0.5) is 4.79 Å². The van der Waals surface area contributed by atoms with E-state index in [1.165, 1.54) is 5.57 Å². The van der Waals surface area contributed by atoms with Crippen molar-refractivity contribution in [1.82, 2.24) is 4.90 Å². The number of ether oxygens (including phenoxy) is 1. The highest BCUT2D eigenvalue weighted by Gasteiger charge is 2.24. The maximum Gasteiger partial charge on any atom is 0.410 e. The highest BCUT2D eigenvalue weighted by molar-refractivity contribution is 5.68. The molecule has 1 aromatic carbocycles. The molecule has 0 spiro atoms. The molecule has 0 saturated carbocycles. The van der Waals surface area contributed by atoms with Gasteiger partial charge >= 0.3 is 6.09 Å². The van der Waals surface area contributed by atoms with Gasteiger partial charge in [-0.1, -0.05) is 35.9 Å². The number of aliphatic hydroxyl groups is 1. The number of aliphatic hydroxyl groups excluding tert-OH is 1. The van der Waals surface area contributed by atoms with Crippen molar-refractivity contribution >= 4 is 12.2 Å². The summed E-state index contributed by atoms with van der Waals surface area (Å²) in [5.74, 6) is 0. The van der Waals surface area contributed by atoms with Crippen molar-refractivity contribution < 1.29 is 14.6 Å². The van der Waals surface area contributed by atoms with Crippen molar-refractivity contribution in [2.24, 2.45) is 0 Å². The van der Waals surface area contributed by atoms with E-state index in [4.69, 9.17) is 9.84 Å². The second-order valence-electron chi connectivity index (χ2n) is 6.67. The van der Waals surface area contributed by atoms with Gasteiger partial charge in [-0.2, -0.15) is 0 Å². The number of hydrogen-bond donors (Lipinski definition) is 1. The Hall–Kier alpha value is -1.81. The molecule has 1 aliphatic rings. The third-order valence-electron chi connectivity index (χ3n) is 3.59. The van der Waals surface area contributed by atoms with Crippen LogP contribution < -0.4 is 0 Å². The van der Waals surface area contributed by atoms with Crippen molar-refractivity contribution in [3.05, 3.63) is 41.0 Å². The molecular weight excluding hydrogens is 278 g/mol. The van der Waals surface area contributed by atoms with Crippen LogP contribution in [0.15, 0.2) is 29.8 Å². The van der Waals surface area contributed by atoms with Crippen LogP contribution in [-0.2, 0) is 11.3 Å². The lowest BCUT2D eigenvalue weighted by Gasteiger charge is -2.31. The van der Waals surface area contributed by atoms with Crippen LogP contribution in [0.3, 0.4) is 0 Å². The van der Waals surface area contributed by atoms with Crippen molar-refractivity contribution in [2.75, 3.05) is 13.1 Å². The molecular formula is C18H25NO3. The van der Waals surface area contributed by atoms with Crippen molar-refractivity contribution in [2.45, 2.75) is 45.8 Å². The molecule has 4 nitrogen and oxygen atoms in total. The minimum absolute atomic E-state index is 0.0711. The standard InChI is InChI=1S/C18H25NO3/c1-18(2,3)22-17(21)19-10-8-15(9-11-19)12-14-4-6-16(13-20)7-5-14/h4-7,12,20H,8-11,13H2,1-3H3. The van der Waals surface area contributed by atoms with E-state index in [-0.39, 0.29) is 12.7 Å². The van der Waals surface area contributed by atoms with Gasteiger partial charge in [0.05, 0.1) is 6.61 Å². The largest absolute Gasteiger partial charge is 0.444 e. The molecule has 0 aliphatic carbocycles. The third kappa shape index (κ3) is 4.88. The van der Waals surface area contributed by atoms with E-state index in [2.05, 4.69) is 6.08 Å². The summed E-state index contributed by atoms with van der Waals surface area (Å²) in [4.78, 5) is 13.8. The van der Waals surface area contributed by atoms with Gasteiger partial charge < -0.3 is 14.7 Å². The van der Waals surface area contributed by atoms with Gasteiger partial charge in [0.25, 0.3) is 0 Å². The summed E-state index contributed by atoms with van der Waals surface area (Å²) in [5.41, 5.74) is 2.96. The highest BCUT2D eigenvalue weighted by Crippen LogP contribution is 2.21. The first-order valence-electron chi connectivity index (χ1n) is 7.74. The van der Waals surface area contributed by atoms with Crippen LogP contribution in [0.1, 0.15) is 44.7 Å². The zero-order valence-electron chi connectivity index (χ0n) is 13.6. The minimum Gasteiger partial charge on any atom is -0.444 e. The molecule has 4 heteroatoms. The van der Waals surface area contributed by atoms with Crippen LogP contribution in [0.5, 0.6) is 0 Å². The summed E-state index contributed by atoms with van der Waals surface area (Å²) in [7, 11) is 0. The number of piperidine rings is 1. The number of benzene rings is 1. The van der Waals surface area contributed by atoms with Crippen molar-refractivity contribution in [3.8, 4) is 0 Å². The van der Waals surface area contributed by atoms with Gasteiger partial charge in [0.1, 0.15) is 5.60 Å². The molecule has 1 saturated heterocycles. The molecule has 1 aliphatic heterocycles. The molecule has 1 aromatic rings. The van der Waals surface area contributed by atoms with Gasteiger partial charge in [-0.3, -0.25) is 0 Å². The first-order chi connectivity index (χ1) is 10.4. The van der Waals surface area contributed by atoms with E-state index in [1.807, 2.05) is 45.0 Å². The number of nitrogens with zero attached hydrogens (tertiary/aromatic N) is 1. The second kappa shape index (κ2) is 6.97. The Kier molecular flexibility index (Phi) is 5.24. The lowest BCUT2D eigenvalue weighted by Crippen LogP contribution is -2.40. The Labute approximate surface area is 132 Å². The Bertz CT molecular complexity index is 530. The number of rotatable bonds is 2. The first-order valence-corrected chi connectivity index (χ1v) is 7.74. The van der Waals surface area contributed by atoms with Crippen molar-refractivity contribution in [1.29, 1.82) is 0 Å². The van der Waals surface area contributed by atoms with E-state index in [0.29, 0.717) is 13.1 Å². The van der Waals surface area contributed by atoms with Crippen LogP contribution in [-0.4, -0.2) is 34.8 Å². The average Bonchev–Trinajstić information content (AvgIpc) is 2.47. The lowest BCUT2D eigenvalue weighted by atomic mass is 10.0. The molecule has 0 radical (unpaired) electrons. The zero-order valence-corrected chi connectivity index (χ0v) is 13.6. The van der Waals surface area contributed by atoms with Gasteiger partial charge in [-0.05, 0) is 44.7 Å². The smallest absolute Gasteiger partial charge is 0.410 e. The molecule has 0 atom stereocenters. The second-order valence-corrected chi connectivity index (χ2v) is 6.67. The highest BCUT2D eigenvalue weighted by atomic mass is 16.6. The van der Waals surface area contributed by atoms with Crippen molar-refractivity contribution in [3.63, 3.8) is 0 Å². The molecule has 0 bridgehead atoms. The third-order valence-corrected chi connectivity index (χ3v) is 3.59. The fourth-order valence-corrected chi connectivity index (χ4v) is 2.40. The Morgan fingerprint density at radius 3 is 2.32 bits per heavy atom. The van der Waals surface area contributed by atoms with Crippen LogP contribution in [0.2, 0.25) is 0 Å². The van der Waals surface area contributed by atoms with Crippen LogP contribution in [0.25, 0.3) is 6.08 Å². The maximum atomic E-state index is 12.0. The summed E-state index contributed by atoms with van der Waals surface area (Å²) in [6, 6.07) is 7.89. The van der Waals surface area contributed by atoms with E-state index in [1.54, 1.807) is 4.90 Å². The Morgan fingerprint density at radius 2 is 1.82 bits per heavy atom. The summed E-state index contributed by atoms with van der Waals surface area (Å²) < 4.78 is 5.40. The zero-order chi connectivity index (χ0) is 16.2. The molecule has 120 valence electrons. The maximum absolute atomic E-state index is 12.0. The first kappa shape index (κ1) is 16.6. The number of amides is 1. The number of carbonyl (C=O) groups is 1. The summed E-state index contributed by atoms with van der Waals surface area (Å²) in [6.07, 6.45) is 3.70. The van der Waals surface area contributed by atoms with E-state index >= 15 is 0 Å². The van der Waals surface area contributed by atoms with E-state index in [0.717, 1.165) is 24.0 Å². The van der Waals surface area contributed by atoms with E-state index < -0.39 is 5.60 Å². The Morgan fingerprint density at radius 1 is 1.23 bits per heavy atom. The normalized spacial score (nSPS) is 15.6. The molecule has 2 rings (SSSR count). The van der Waals surface area contributed by atoms with Gasteiger partial charge in [0.2, 0.25) is 0 Å². The van der Waals surface area contributed by atoms with Gasteiger partial charge in [-0.25, -0.2) is 4.79 Å². The Balaban J connectivity index is 1.91. The van der Waals surface area contributed by atoms with Gasteiger partial charge in [0.15, 0.2) is 0 Å². The molecule has 0 unspecified atom stereocenters. The number of likely N-dealkylation sites (tertiary alicyclic amines) is 1. The summed E-state index contributed by atoms with van der Waals surface area (Å²) in [5, 5.41) is 9.05. The van der Waals surface area contributed by atoms with Gasteiger partial charge in [-0.15, -0.1) is 0 Å². The van der Waals surface area contributed by atoms with Crippen LogP contribution >= 0.6 is 0 Å². The lowest BCUT2D eigenvalue weighted by molar-refractivity contribution is 0.0237. The molecule has 1 N–H and O–H groups in total. The fourth-order valence-electron chi connectivity index (χ4n) is 2.40. The molecule has 0 aromatic heterocycles. The monoisotopic (exact) mass is 303 g/mol. The fraction of sp³-hybridized carbons (Fsp3) is 0.500. The SMILES string of the molecule is CC(C)(C)OC(=O)N1CCC(=Cc2ccc(CO)cc2)CC1. The molecule has 22 heavy (non-hydrogen) atoms. The average molecular weight is 303 g/mol. The predicted molar refractivity (Wildman–Crippen MR) is 87.4 cm³/mol. The summed E-state index contributed by atoms with van der Waals surface area (Å²) >= 11 is 0. The van der Waals surface area contributed by atoms with E-state index in [9.17, 15) is 4.79 Å². The number of hydrogen-bond acceptors (Lipinski definition) is 3. The quantitative estimate of drug-likeness (QED) is 0.908. The minimum atomic E-state index is -0.443. The molecule has 1 fully saturated rings. The summed E-state index contributed by atoms with van der Waals surface area (Å²) in [6.45, 7) is 7.13. The predicted octanol–water partition coefficient (Wildman–Crippen LogP) is 3.59. The molecule has 1 amide bonds. The topological polar surface area (TPSA) is 49.8 Å².